The topological polar surface area (TPSA) is 30.5 Å². The molecule has 160 valence electrons. The van der Waals surface area contributed by atoms with Gasteiger partial charge in [-0.3, -0.25) is 0 Å². The fourth-order valence-electron chi connectivity index (χ4n) is 2.85. The third kappa shape index (κ3) is 7.06. The Kier molecular flexibility index (Phi) is 9.73. The lowest BCUT2D eigenvalue weighted by molar-refractivity contribution is 0.284. The van der Waals surface area contributed by atoms with E-state index in [0.717, 1.165) is 23.6 Å². The number of hydrogen-bond donors (Lipinski definition) is 1. The van der Waals surface area contributed by atoms with E-state index >= 15 is 0 Å². The predicted octanol–water partition coefficient (Wildman–Crippen LogP) is 6.47. The van der Waals surface area contributed by atoms with Crippen LogP contribution in [0.3, 0.4) is 0 Å². The molecule has 3 aromatic rings. The molecule has 30 heavy (non-hydrogen) atoms. The van der Waals surface area contributed by atoms with Gasteiger partial charge in [0, 0.05) is 17.1 Å². The van der Waals surface area contributed by atoms with Crippen molar-refractivity contribution >= 4 is 35.6 Å². The minimum atomic E-state index is -0.371. The van der Waals surface area contributed by atoms with Crippen LogP contribution in [0.15, 0.2) is 60.7 Å². The number of methoxy groups -OCH3 is 1. The number of benzene rings is 3. The van der Waals surface area contributed by atoms with E-state index in [1.807, 2.05) is 42.5 Å². The van der Waals surface area contributed by atoms with Gasteiger partial charge in [0.25, 0.3) is 0 Å². The normalized spacial score (nSPS) is 10.4. The first-order valence-corrected chi connectivity index (χ1v) is 9.99. The van der Waals surface area contributed by atoms with Gasteiger partial charge in [-0.25, -0.2) is 4.39 Å². The van der Waals surface area contributed by atoms with E-state index in [1.54, 1.807) is 13.2 Å². The van der Waals surface area contributed by atoms with Gasteiger partial charge in [-0.1, -0.05) is 47.5 Å². The van der Waals surface area contributed by atoms with Gasteiger partial charge in [-0.2, -0.15) is 0 Å². The SMILES string of the molecule is COc1cc(CNCCc2ccc(Cl)cc2)ccc1OCc1ccc(F)cc1Cl.Cl. The van der Waals surface area contributed by atoms with Crippen molar-refractivity contribution in [2.75, 3.05) is 13.7 Å². The van der Waals surface area contributed by atoms with Crippen molar-refractivity contribution in [2.45, 2.75) is 19.6 Å². The van der Waals surface area contributed by atoms with Crippen LogP contribution in [0, 0.1) is 5.82 Å². The average molecular weight is 471 g/mol. The standard InChI is InChI=1S/C23H22Cl2FNO2.ClH/c1-28-23-12-17(14-27-11-10-16-2-6-19(24)7-3-16)4-9-22(23)29-15-18-5-8-20(26)13-21(18)25;/h2-9,12-13,27H,10-11,14-15H2,1H3;1H. The lowest BCUT2D eigenvalue weighted by Crippen LogP contribution is -2.16. The van der Waals surface area contributed by atoms with Crippen molar-refractivity contribution in [2.24, 2.45) is 0 Å². The van der Waals surface area contributed by atoms with Crippen LogP contribution in [-0.2, 0) is 19.6 Å². The Labute approximate surface area is 192 Å². The predicted molar refractivity (Wildman–Crippen MR) is 123 cm³/mol. The summed E-state index contributed by atoms with van der Waals surface area (Å²) in [5, 5.41) is 4.51. The Morgan fingerprint density at radius 3 is 2.33 bits per heavy atom. The van der Waals surface area contributed by atoms with E-state index in [9.17, 15) is 4.39 Å². The molecule has 0 radical (unpaired) electrons. The molecule has 0 aromatic heterocycles. The maximum atomic E-state index is 13.2. The summed E-state index contributed by atoms with van der Waals surface area (Å²) in [6, 6.07) is 17.9. The van der Waals surface area contributed by atoms with E-state index in [0.29, 0.717) is 28.6 Å². The maximum Gasteiger partial charge on any atom is 0.161 e. The quantitative estimate of drug-likeness (QED) is 0.363. The monoisotopic (exact) mass is 469 g/mol. The van der Waals surface area contributed by atoms with Gasteiger partial charge < -0.3 is 14.8 Å². The number of hydrogen-bond acceptors (Lipinski definition) is 3. The minimum absolute atomic E-state index is 0. The Morgan fingerprint density at radius 1 is 0.900 bits per heavy atom. The number of ether oxygens (including phenoxy) is 2. The first-order chi connectivity index (χ1) is 14.0. The van der Waals surface area contributed by atoms with E-state index in [2.05, 4.69) is 5.32 Å². The second kappa shape index (κ2) is 12.0. The Balaban J connectivity index is 0.00000320. The van der Waals surface area contributed by atoms with Gasteiger partial charge in [0.1, 0.15) is 12.4 Å². The number of rotatable bonds is 9. The van der Waals surface area contributed by atoms with Gasteiger partial charge in [0.15, 0.2) is 11.5 Å². The Hall–Kier alpha value is -1.98. The summed E-state index contributed by atoms with van der Waals surface area (Å²) in [6.45, 7) is 1.80. The van der Waals surface area contributed by atoms with Gasteiger partial charge in [0.2, 0.25) is 0 Å². The van der Waals surface area contributed by atoms with Gasteiger partial charge in [-0.15, -0.1) is 12.4 Å². The van der Waals surface area contributed by atoms with Crippen molar-refractivity contribution in [1.82, 2.24) is 5.32 Å². The van der Waals surface area contributed by atoms with Crippen LogP contribution in [0.2, 0.25) is 10.0 Å². The zero-order chi connectivity index (χ0) is 20.6. The van der Waals surface area contributed by atoms with Crippen LogP contribution < -0.4 is 14.8 Å². The van der Waals surface area contributed by atoms with Crippen molar-refractivity contribution in [3.8, 4) is 11.5 Å². The molecule has 0 aliphatic carbocycles. The number of halogens is 4. The lowest BCUT2D eigenvalue weighted by Gasteiger charge is -2.13. The minimum Gasteiger partial charge on any atom is -0.493 e. The lowest BCUT2D eigenvalue weighted by atomic mass is 10.1. The largest absolute Gasteiger partial charge is 0.493 e. The van der Waals surface area contributed by atoms with E-state index in [1.165, 1.54) is 17.7 Å². The van der Waals surface area contributed by atoms with Crippen molar-refractivity contribution < 1.29 is 13.9 Å². The van der Waals surface area contributed by atoms with Crippen LogP contribution in [-0.4, -0.2) is 13.7 Å². The van der Waals surface area contributed by atoms with E-state index in [4.69, 9.17) is 32.7 Å². The third-order valence-corrected chi connectivity index (χ3v) is 5.06. The molecule has 3 aromatic carbocycles. The fourth-order valence-corrected chi connectivity index (χ4v) is 3.20. The first kappa shape index (κ1) is 24.3. The highest BCUT2D eigenvalue weighted by Gasteiger charge is 2.08. The zero-order valence-electron chi connectivity index (χ0n) is 16.5. The highest BCUT2D eigenvalue weighted by Crippen LogP contribution is 2.29. The molecule has 0 atom stereocenters. The summed E-state index contributed by atoms with van der Waals surface area (Å²) < 4.78 is 24.4. The highest BCUT2D eigenvalue weighted by molar-refractivity contribution is 6.31. The molecule has 0 amide bonds. The van der Waals surface area contributed by atoms with Gasteiger partial charge in [-0.05, 0) is 60.5 Å². The molecule has 0 fully saturated rings. The summed E-state index contributed by atoms with van der Waals surface area (Å²) in [7, 11) is 1.60. The van der Waals surface area contributed by atoms with Crippen LogP contribution in [0.4, 0.5) is 4.39 Å². The Morgan fingerprint density at radius 2 is 1.63 bits per heavy atom. The van der Waals surface area contributed by atoms with E-state index < -0.39 is 0 Å². The summed E-state index contributed by atoms with van der Waals surface area (Å²) >= 11 is 12.0. The number of nitrogens with one attached hydrogen (secondary N) is 1. The molecule has 1 N–H and O–H groups in total. The average Bonchev–Trinajstić information content (AvgIpc) is 2.72. The molecular formula is C23H23Cl3FNO2. The molecule has 0 saturated carbocycles. The maximum absolute atomic E-state index is 13.2. The van der Waals surface area contributed by atoms with Gasteiger partial charge >= 0.3 is 0 Å². The molecule has 3 rings (SSSR count). The molecular weight excluding hydrogens is 448 g/mol. The molecule has 0 bridgehead atoms. The highest BCUT2D eigenvalue weighted by atomic mass is 35.5. The van der Waals surface area contributed by atoms with Crippen LogP contribution in [0.1, 0.15) is 16.7 Å². The Bertz CT molecular complexity index is 952. The summed E-state index contributed by atoms with van der Waals surface area (Å²) in [4.78, 5) is 0. The smallest absolute Gasteiger partial charge is 0.161 e. The van der Waals surface area contributed by atoms with E-state index in [-0.39, 0.29) is 24.8 Å². The fraction of sp³-hybridized carbons (Fsp3) is 0.217. The molecule has 0 spiro atoms. The van der Waals surface area contributed by atoms with Crippen LogP contribution in [0.5, 0.6) is 11.5 Å². The second-order valence-corrected chi connectivity index (χ2v) is 7.41. The van der Waals surface area contributed by atoms with Crippen molar-refractivity contribution in [3.63, 3.8) is 0 Å². The summed E-state index contributed by atoms with van der Waals surface area (Å²) in [6.07, 6.45) is 0.925. The van der Waals surface area contributed by atoms with Crippen molar-refractivity contribution in [3.05, 3.63) is 93.2 Å². The summed E-state index contributed by atoms with van der Waals surface area (Å²) in [5.41, 5.74) is 3.04. The van der Waals surface area contributed by atoms with Crippen LogP contribution >= 0.6 is 35.6 Å². The molecule has 0 aliphatic heterocycles. The molecule has 0 aliphatic rings. The third-order valence-electron chi connectivity index (χ3n) is 4.46. The first-order valence-electron chi connectivity index (χ1n) is 9.24. The molecule has 3 nitrogen and oxygen atoms in total. The van der Waals surface area contributed by atoms with Gasteiger partial charge in [0.05, 0.1) is 12.1 Å². The molecule has 0 heterocycles. The summed E-state index contributed by atoms with van der Waals surface area (Å²) in [5.74, 6) is 0.877. The van der Waals surface area contributed by atoms with Crippen molar-refractivity contribution in [1.29, 1.82) is 0 Å². The van der Waals surface area contributed by atoms with Crippen LogP contribution in [0.25, 0.3) is 0 Å². The second-order valence-electron chi connectivity index (χ2n) is 6.56. The molecule has 0 unspecified atom stereocenters. The molecule has 7 heteroatoms. The molecule has 0 saturated heterocycles. The zero-order valence-corrected chi connectivity index (χ0v) is 18.8.